The number of rotatable bonds is 8. The fraction of sp³-hybridized carbons (Fsp3) is 0.522. The Morgan fingerprint density at radius 1 is 1.35 bits per heavy atom. The molecule has 3 aromatic rings. The Labute approximate surface area is 181 Å². The Hall–Kier alpha value is -3.21. The van der Waals surface area contributed by atoms with Crippen LogP contribution in [0.1, 0.15) is 64.8 Å². The van der Waals surface area contributed by atoms with Crippen molar-refractivity contribution in [2.75, 3.05) is 0 Å². The van der Waals surface area contributed by atoms with Crippen molar-refractivity contribution < 1.29 is 9.63 Å². The van der Waals surface area contributed by atoms with Crippen LogP contribution in [0.25, 0.3) is 22.3 Å². The second kappa shape index (κ2) is 9.29. The van der Waals surface area contributed by atoms with Crippen LogP contribution in [0.15, 0.2) is 31.0 Å². The fourth-order valence-corrected chi connectivity index (χ4v) is 4.52. The number of carbonyl (C=O) groups is 1. The maximum atomic E-state index is 12.3. The summed E-state index contributed by atoms with van der Waals surface area (Å²) in [6.45, 7) is 3.91. The van der Waals surface area contributed by atoms with Crippen molar-refractivity contribution in [3.05, 3.63) is 31.0 Å². The summed E-state index contributed by atoms with van der Waals surface area (Å²) >= 11 is 0. The maximum Gasteiger partial charge on any atom is 0.335 e. The van der Waals surface area contributed by atoms with Crippen LogP contribution < -0.4 is 4.84 Å². The molecule has 1 aliphatic carbocycles. The van der Waals surface area contributed by atoms with Gasteiger partial charge in [0.2, 0.25) is 0 Å². The van der Waals surface area contributed by atoms with E-state index in [2.05, 4.69) is 21.1 Å². The van der Waals surface area contributed by atoms with Crippen molar-refractivity contribution in [1.82, 2.24) is 24.5 Å². The molecule has 2 atom stereocenters. The summed E-state index contributed by atoms with van der Waals surface area (Å²) in [5.41, 5.74) is 2.13. The van der Waals surface area contributed by atoms with Crippen LogP contribution in [0, 0.1) is 23.2 Å². The standard InChI is InChI=1S/C23H28N6O2/c1-3-6-16(2)23(30)31-29-12-10-19-21(25-15-26-22(19)29)18-13-27-28(14-18)20(9-11-24)17-7-4-5-8-17/h10,12-17,20H,3-9H2,1-2H3. The number of nitrogens with zero attached hydrogens (tertiary/aromatic N) is 6. The van der Waals surface area contributed by atoms with E-state index >= 15 is 0 Å². The van der Waals surface area contributed by atoms with Crippen LogP contribution in [0.4, 0.5) is 0 Å². The highest BCUT2D eigenvalue weighted by Gasteiger charge is 2.27. The summed E-state index contributed by atoms with van der Waals surface area (Å²) in [4.78, 5) is 26.7. The number of hydrogen-bond donors (Lipinski definition) is 0. The van der Waals surface area contributed by atoms with E-state index in [-0.39, 0.29) is 17.9 Å². The van der Waals surface area contributed by atoms with Crippen LogP contribution in [-0.2, 0) is 4.79 Å². The number of carbonyl (C=O) groups excluding carboxylic acids is 1. The number of aromatic nitrogens is 5. The Morgan fingerprint density at radius 3 is 2.90 bits per heavy atom. The van der Waals surface area contributed by atoms with Gasteiger partial charge in [0, 0.05) is 23.3 Å². The van der Waals surface area contributed by atoms with E-state index in [1.807, 2.05) is 30.8 Å². The summed E-state index contributed by atoms with van der Waals surface area (Å²) in [5.74, 6) is 0.0429. The minimum atomic E-state index is -0.275. The van der Waals surface area contributed by atoms with E-state index < -0.39 is 0 Å². The van der Waals surface area contributed by atoms with Crippen LogP contribution in [-0.4, -0.2) is 30.4 Å². The zero-order valence-electron chi connectivity index (χ0n) is 18.1. The van der Waals surface area contributed by atoms with Crippen LogP contribution in [0.5, 0.6) is 0 Å². The van der Waals surface area contributed by atoms with Gasteiger partial charge in [-0.05, 0) is 31.2 Å². The molecule has 0 radical (unpaired) electrons. The predicted molar refractivity (Wildman–Crippen MR) is 116 cm³/mol. The van der Waals surface area contributed by atoms with Gasteiger partial charge in [0.05, 0.1) is 36.3 Å². The summed E-state index contributed by atoms with van der Waals surface area (Å²) in [5, 5.41) is 14.7. The summed E-state index contributed by atoms with van der Waals surface area (Å²) < 4.78 is 3.34. The average Bonchev–Trinajstić information content (AvgIpc) is 3.53. The number of hydrogen-bond acceptors (Lipinski definition) is 6. The lowest BCUT2D eigenvalue weighted by Crippen LogP contribution is -2.25. The second-order valence-electron chi connectivity index (χ2n) is 8.38. The van der Waals surface area contributed by atoms with Gasteiger partial charge >= 0.3 is 5.97 Å². The molecule has 0 aromatic carbocycles. The third-order valence-corrected chi connectivity index (χ3v) is 6.22. The molecule has 162 valence electrons. The van der Waals surface area contributed by atoms with Gasteiger partial charge in [0.25, 0.3) is 0 Å². The number of nitriles is 1. The first-order chi connectivity index (χ1) is 15.1. The molecule has 8 nitrogen and oxygen atoms in total. The quantitative estimate of drug-likeness (QED) is 0.538. The molecule has 8 heteroatoms. The predicted octanol–water partition coefficient (Wildman–Crippen LogP) is 4.33. The number of fused-ring (bicyclic) bond motifs is 1. The largest absolute Gasteiger partial charge is 0.335 e. The molecule has 1 fully saturated rings. The lowest BCUT2D eigenvalue weighted by atomic mass is 9.96. The SMILES string of the molecule is CCCC(C)C(=O)On1ccc2c(-c3cnn(C(CC#N)C4CCCC4)c3)ncnc21. The third-order valence-electron chi connectivity index (χ3n) is 6.22. The highest BCUT2D eigenvalue weighted by atomic mass is 16.7. The second-order valence-corrected chi connectivity index (χ2v) is 8.38. The van der Waals surface area contributed by atoms with Crippen LogP contribution in [0.3, 0.4) is 0 Å². The molecule has 2 unspecified atom stereocenters. The summed E-state index contributed by atoms with van der Waals surface area (Å²) in [6, 6.07) is 4.26. The first-order valence-electron chi connectivity index (χ1n) is 11.1. The highest BCUT2D eigenvalue weighted by molar-refractivity contribution is 5.90. The monoisotopic (exact) mass is 420 g/mol. The molecule has 0 bridgehead atoms. The fourth-order valence-electron chi connectivity index (χ4n) is 4.52. The molecule has 1 aliphatic rings. The Bertz CT molecular complexity index is 1090. The average molecular weight is 421 g/mol. The van der Waals surface area contributed by atoms with Gasteiger partial charge in [-0.2, -0.15) is 15.1 Å². The van der Waals surface area contributed by atoms with E-state index in [0.29, 0.717) is 18.0 Å². The minimum absolute atomic E-state index is 0.0872. The lowest BCUT2D eigenvalue weighted by molar-refractivity contribution is -0.148. The molecule has 3 heterocycles. The summed E-state index contributed by atoms with van der Waals surface area (Å²) in [7, 11) is 0. The maximum absolute atomic E-state index is 12.3. The summed E-state index contributed by atoms with van der Waals surface area (Å²) in [6.07, 6.45) is 13.8. The topological polar surface area (TPSA) is 98.6 Å². The molecule has 0 N–H and O–H groups in total. The molecule has 31 heavy (non-hydrogen) atoms. The smallest absolute Gasteiger partial charge is 0.335 e. The minimum Gasteiger partial charge on any atom is -0.335 e. The molecule has 4 rings (SSSR count). The lowest BCUT2D eigenvalue weighted by Gasteiger charge is -2.21. The first-order valence-corrected chi connectivity index (χ1v) is 11.1. The molecular formula is C23H28N6O2. The van der Waals surface area contributed by atoms with Crippen LogP contribution >= 0.6 is 0 Å². The van der Waals surface area contributed by atoms with Crippen molar-refractivity contribution in [1.29, 1.82) is 5.26 Å². The van der Waals surface area contributed by atoms with Crippen molar-refractivity contribution in [2.24, 2.45) is 11.8 Å². The first kappa shape index (κ1) is 21.0. The van der Waals surface area contributed by atoms with Gasteiger partial charge in [-0.1, -0.05) is 33.1 Å². The normalized spacial score (nSPS) is 16.3. The van der Waals surface area contributed by atoms with E-state index in [1.54, 1.807) is 12.4 Å². The van der Waals surface area contributed by atoms with Crippen molar-refractivity contribution in [3.8, 4) is 17.3 Å². The molecule has 1 saturated carbocycles. The molecular weight excluding hydrogens is 392 g/mol. The zero-order chi connectivity index (χ0) is 21.8. The Balaban J connectivity index is 1.61. The third kappa shape index (κ3) is 4.31. The van der Waals surface area contributed by atoms with E-state index in [4.69, 9.17) is 4.84 Å². The van der Waals surface area contributed by atoms with Gasteiger partial charge < -0.3 is 4.84 Å². The highest BCUT2D eigenvalue weighted by Crippen LogP contribution is 2.36. The van der Waals surface area contributed by atoms with Crippen molar-refractivity contribution in [2.45, 2.75) is 64.8 Å². The van der Waals surface area contributed by atoms with Crippen molar-refractivity contribution in [3.63, 3.8) is 0 Å². The zero-order valence-corrected chi connectivity index (χ0v) is 18.1. The van der Waals surface area contributed by atoms with E-state index in [9.17, 15) is 10.1 Å². The molecule has 3 aromatic heterocycles. The van der Waals surface area contributed by atoms with Gasteiger partial charge in [-0.25, -0.2) is 14.8 Å². The Kier molecular flexibility index (Phi) is 6.31. The van der Waals surface area contributed by atoms with Gasteiger partial charge in [-0.3, -0.25) is 4.68 Å². The van der Waals surface area contributed by atoms with E-state index in [1.165, 1.54) is 23.9 Å². The van der Waals surface area contributed by atoms with Crippen LogP contribution in [0.2, 0.25) is 0 Å². The van der Waals surface area contributed by atoms with Gasteiger partial charge in [0.1, 0.15) is 6.33 Å². The van der Waals surface area contributed by atoms with Gasteiger partial charge in [-0.15, -0.1) is 0 Å². The van der Waals surface area contributed by atoms with Crippen molar-refractivity contribution >= 4 is 17.0 Å². The Morgan fingerprint density at radius 2 is 2.16 bits per heavy atom. The molecule has 0 aliphatic heterocycles. The van der Waals surface area contributed by atoms with Gasteiger partial charge in [0.15, 0.2) is 5.65 Å². The molecule has 0 amide bonds. The van der Waals surface area contributed by atoms with E-state index in [0.717, 1.165) is 42.3 Å². The molecule has 0 saturated heterocycles. The molecule has 0 spiro atoms.